The molecule has 0 saturated heterocycles. The molecule has 94 valence electrons. The lowest BCUT2D eigenvalue weighted by Crippen LogP contribution is -2.12. The fourth-order valence-electron chi connectivity index (χ4n) is 1.47. The van der Waals surface area contributed by atoms with Crippen LogP contribution in [-0.4, -0.2) is 13.4 Å². The van der Waals surface area contributed by atoms with Crippen molar-refractivity contribution in [1.82, 2.24) is 4.98 Å². The Morgan fingerprint density at radius 1 is 1.17 bits per heavy atom. The molecule has 0 radical (unpaired) electrons. The maximum atomic E-state index is 11.1. The van der Waals surface area contributed by atoms with Crippen LogP contribution in [0.2, 0.25) is 0 Å². The van der Waals surface area contributed by atoms with Gasteiger partial charge in [-0.2, -0.15) is 0 Å². The first-order valence-electron chi connectivity index (χ1n) is 5.31. The Bertz CT molecular complexity index is 610. The molecule has 1 aromatic carbocycles. The lowest BCUT2D eigenvalue weighted by Gasteiger charge is -2.06. The van der Waals surface area contributed by atoms with E-state index in [9.17, 15) is 8.42 Å². The van der Waals surface area contributed by atoms with Crippen molar-refractivity contribution >= 4 is 15.7 Å². The average Bonchev–Trinajstić information content (AvgIpc) is 2.37. The number of hydrogen-bond donors (Lipinski definition) is 2. The molecule has 0 saturated carbocycles. The number of anilines is 1. The van der Waals surface area contributed by atoms with Crippen molar-refractivity contribution in [1.29, 1.82) is 0 Å². The van der Waals surface area contributed by atoms with Gasteiger partial charge in [0.05, 0.1) is 4.90 Å². The summed E-state index contributed by atoms with van der Waals surface area (Å²) >= 11 is 0. The second-order valence-electron chi connectivity index (χ2n) is 3.78. The number of pyridine rings is 1. The van der Waals surface area contributed by atoms with Crippen molar-refractivity contribution in [3.63, 3.8) is 0 Å². The Morgan fingerprint density at radius 2 is 1.89 bits per heavy atom. The van der Waals surface area contributed by atoms with Crippen LogP contribution in [-0.2, 0) is 16.6 Å². The zero-order valence-corrected chi connectivity index (χ0v) is 10.4. The Morgan fingerprint density at radius 3 is 2.44 bits per heavy atom. The Kier molecular flexibility index (Phi) is 3.59. The fourth-order valence-corrected chi connectivity index (χ4v) is 1.98. The number of nitrogens with zero attached hydrogens (tertiary/aromatic N) is 1. The van der Waals surface area contributed by atoms with E-state index < -0.39 is 10.0 Å². The molecule has 0 unspecified atom stereocenters. The first-order chi connectivity index (χ1) is 8.55. The van der Waals surface area contributed by atoms with Gasteiger partial charge in [0, 0.05) is 24.6 Å². The minimum absolute atomic E-state index is 0.106. The topological polar surface area (TPSA) is 85.1 Å². The maximum Gasteiger partial charge on any atom is 0.238 e. The summed E-state index contributed by atoms with van der Waals surface area (Å²) in [5.41, 5.74) is 1.87. The minimum atomic E-state index is -3.62. The lowest BCUT2D eigenvalue weighted by molar-refractivity contribution is 0.598. The normalized spacial score (nSPS) is 11.2. The first kappa shape index (κ1) is 12.5. The van der Waals surface area contributed by atoms with Gasteiger partial charge in [0.1, 0.15) is 0 Å². The van der Waals surface area contributed by atoms with Gasteiger partial charge in [0.2, 0.25) is 10.0 Å². The molecule has 1 aromatic heterocycles. The second kappa shape index (κ2) is 5.16. The van der Waals surface area contributed by atoms with Crippen molar-refractivity contribution in [2.75, 3.05) is 5.32 Å². The molecule has 18 heavy (non-hydrogen) atoms. The number of rotatable bonds is 4. The summed E-state index contributed by atoms with van der Waals surface area (Å²) in [6.45, 7) is 0.628. The first-order valence-corrected chi connectivity index (χ1v) is 6.86. The summed E-state index contributed by atoms with van der Waals surface area (Å²) in [6, 6.07) is 10.1. The summed E-state index contributed by atoms with van der Waals surface area (Å²) in [6.07, 6.45) is 3.48. The summed E-state index contributed by atoms with van der Waals surface area (Å²) in [5, 5.41) is 8.18. The highest BCUT2D eigenvalue weighted by Crippen LogP contribution is 2.13. The summed E-state index contributed by atoms with van der Waals surface area (Å²) in [7, 11) is -3.62. The average molecular weight is 263 g/mol. The zero-order valence-electron chi connectivity index (χ0n) is 9.58. The van der Waals surface area contributed by atoms with Crippen LogP contribution in [0.3, 0.4) is 0 Å². The number of sulfonamides is 1. The molecular weight excluding hydrogens is 250 g/mol. The van der Waals surface area contributed by atoms with Crippen LogP contribution in [0.5, 0.6) is 0 Å². The Hall–Kier alpha value is -1.92. The monoisotopic (exact) mass is 263 g/mol. The van der Waals surface area contributed by atoms with E-state index in [0.29, 0.717) is 6.54 Å². The van der Waals surface area contributed by atoms with Gasteiger partial charge in [-0.05, 0) is 35.9 Å². The second-order valence-corrected chi connectivity index (χ2v) is 5.35. The van der Waals surface area contributed by atoms with E-state index >= 15 is 0 Å². The maximum absolute atomic E-state index is 11.1. The van der Waals surface area contributed by atoms with E-state index in [1.54, 1.807) is 24.5 Å². The predicted molar refractivity (Wildman–Crippen MR) is 69.4 cm³/mol. The van der Waals surface area contributed by atoms with Gasteiger partial charge in [-0.1, -0.05) is 6.07 Å². The highest BCUT2D eigenvalue weighted by Gasteiger charge is 2.06. The molecule has 0 aliphatic carbocycles. The molecule has 0 amide bonds. The van der Waals surface area contributed by atoms with Crippen molar-refractivity contribution in [3.05, 3.63) is 54.4 Å². The minimum Gasteiger partial charge on any atom is -0.381 e. The predicted octanol–water partition coefficient (Wildman–Crippen LogP) is 1.34. The standard InChI is InChI=1S/C12H13N3O2S/c13-18(16,17)12-5-3-11(4-6-12)15-9-10-2-1-7-14-8-10/h1-8,15H,9H2,(H2,13,16,17). The van der Waals surface area contributed by atoms with E-state index in [1.807, 2.05) is 12.1 Å². The number of primary sulfonamides is 1. The molecule has 0 spiro atoms. The molecule has 0 aliphatic rings. The molecule has 2 rings (SSSR count). The van der Waals surface area contributed by atoms with Crippen LogP contribution in [0.25, 0.3) is 0 Å². The van der Waals surface area contributed by atoms with Crippen LogP contribution in [0, 0.1) is 0 Å². The molecule has 6 heteroatoms. The Balaban J connectivity index is 2.03. The summed E-state index contributed by atoms with van der Waals surface area (Å²) in [5.74, 6) is 0. The number of benzene rings is 1. The van der Waals surface area contributed by atoms with E-state index in [0.717, 1.165) is 11.3 Å². The fraction of sp³-hybridized carbons (Fsp3) is 0.0833. The molecule has 3 N–H and O–H groups in total. The third kappa shape index (κ3) is 3.28. The number of aromatic nitrogens is 1. The van der Waals surface area contributed by atoms with Crippen LogP contribution >= 0.6 is 0 Å². The quantitative estimate of drug-likeness (QED) is 0.871. The third-order valence-electron chi connectivity index (χ3n) is 2.40. The molecular formula is C12H13N3O2S. The number of hydrogen-bond acceptors (Lipinski definition) is 4. The lowest BCUT2D eigenvalue weighted by atomic mass is 10.2. The summed E-state index contributed by atoms with van der Waals surface area (Å²) < 4.78 is 22.1. The molecule has 5 nitrogen and oxygen atoms in total. The van der Waals surface area contributed by atoms with Crippen LogP contribution in [0.15, 0.2) is 53.7 Å². The van der Waals surface area contributed by atoms with Gasteiger partial charge in [-0.15, -0.1) is 0 Å². The van der Waals surface area contributed by atoms with Crippen molar-refractivity contribution in [2.24, 2.45) is 5.14 Å². The molecule has 0 fully saturated rings. The van der Waals surface area contributed by atoms with Gasteiger partial charge in [-0.25, -0.2) is 13.6 Å². The van der Waals surface area contributed by atoms with Crippen molar-refractivity contribution in [2.45, 2.75) is 11.4 Å². The van der Waals surface area contributed by atoms with Gasteiger partial charge < -0.3 is 5.32 Å². The van der Waals surface area contributed by atoms with Crippen molar-refractivity contribution < 1.29 is 8.42 Å². The third-order valence-corrected chi connectivity index (χ3v) is 3.33. The van der Waals surface area contributed by atoms with Gasteiger partial charge in [-0.3, -0.25) is 4.98 Å². The van der Waals surface area contributed by atoms with Crippen LogP contribution < -0.4 is 10.5 Å². The molecule has 0 bridgehead atoms. The molecule has 1 heterocycles. The van der Waals surface area contributed by atoms with Crippen LogP contribution in [0.1, 0.15) is 5.56 Å². The van der Waals surface area contributed by atoms with E-state index in [4.69, 9.17) is 5.14 Å². The SMILES string of the molecule is NS(=O)(=O)c1ccc(NCc2cccnc2)cc1. The van der Waals surface area contributed by atoms with Crippen molar-refractivity contribution in [3.8, 4) is 0 Å². The highest BCUT2D eigenvalue weighted by atomic mass is 32.2. The largest absolute Gasteiger partial charge is 0.381 e. The van der Waals surface area contributed by atoms with Gasteiger partial charge >= 0.3 is 0 Å². The molecule has 0 aliphatic heterocycles. The van der Waals surface area contributed by atoms with Crippen LogP contribution in [0.4, 0.5) is 5.69 Å². The van der Waals surface area contributed by atoms with Gasteiger partial charge in [0.25, 0.3) is 0 Å². The highest BCUT2D eigenvalue weighted by molar-refractivity contribution is 7.89. The Labute approximate surface area is 106 Å². The molecule has 2 aromatic rings. The van der Waals surface area contributed by atoms with E-state index in [2.05, 4.69) is 10.3 Å². The molecule has 0 atom stereocenters. The number of nitrogens with one attached hydrogen (secondary N) is 1. The zero-order chi connectivity index (χ0) is 13.0. The smallest absolute Gasteiger partial charge is 0.238 e. The number of nitrogens with two attached hydrogens (primary N) is 1. The summed E-state index contributed by atoms with van der Waals surface area (Å²) in [4.78, 5) is 4.11. The van der Waals surface area contributed by atoms with E-state index in [1.165, 1.54) is 12.1 Å². The van der Waals surface area contributed by atoms with E-state index in [-0.39, 0.29) is 4.90 Å². The van der Waals surface area contributed by atoms with Gasteiger partial charge in [0.15, 0.2) is 0 Å².